The molecule has 1 saturated carbocycles. The average molecular weight is 331 g/mol. The molecule has 1 aromatic rings. The van der Waals surface area contributed by atoms with Crippen molar-refractivity contribution < 1.29 is 14.7 Å². The minimum Gasteiger partial charge on any atom is -0.480 e. The summed E-state index contributed by atoms with van der Waals surface area (Å²) in [5, 5.41) is 12.2. The van der Waals surface area contributed by atoms with Gasteiger partial charge in [-0.15, -0.1) is 0 Å². The molecule has 1 atom stereocenters. The molecule has 7 heteroatoms. The Morgan fingerprint density at radius 1 is 1.29 bits per heavy atom. The van der Waals surface area contributed by atoms with Gasteiger partial charge in [0.2, 0.25) is 0 Å². The monoisotopic (exact) mass is 330 g/mol. The van der Waals surface area contributed by atoms with Crippen LogP contribution in [-0.2, 0) is 4.79 Å². The van der Waals surface area contributed by atoms with Gasteiger partial charge in [0.25, 0.3) is 5.91 Å². The number of rotatable bonds is 4. The van der Waals surface area contributed by atoms with E-state index in [4.69, 9.17) is 23.2 Å². The Morgan fingerprint density at radius 2 is 1.95 bits per heavy atom. The molecule has 21 heavy (non-hydrogen) atoms. The predicted molar refractivity (Wildman–Crippen MR) is 79.7 cm³/mol. The second kappa shape index (κ2) is 7.09. The van der Waals surface area contributed by atoms with Crippen molar-refractivity contribution in [1.82, 2.24) is 10.3 Å². The van der Waals surface area contributed by atoms with Crippen molar-refractivity contribution in [2.24, 2.45) is 5.92 Å². The Bertz CT molecular complexity index is 545. The zero-order valence-electron chi connectivity index (χ0n) is 11.3. The molecule has 1 fully saturated rings. The standard InChI is InChI=1S/C14H16Cl2N2O3/c15-10-7-17-11(16)6-9(10)13(19)18-12(14(20)21)8-4-2-1-3-5-8/h6-8,12H,1-5H2,(H,18,19)(H,20,21). The molecule has 5 nitrogen and oxygen atoms in total. The van der Waals surface area contributed by atoms with Crippen LogP contribution in [0.4, 0.5) is 0 Å². The summed E-state index contributed by atoms with van der Waals surface area (Å²) in [5.74, 6) is -1.61. The highest BCUT2D eigenvalue weighted by Gasteiger charge is 2.31. The molecular weight excluding hydrogens is 315 g/mol. The Hall–Kier alpha value is -1.33. The maximum absolute atomic E-state index is 12.2. The summed E-state index contributed by atoms with van der Waals surface area (Å²) in [4.78, 5) is 27.4. The lowest BCUT2D eigenvalue weighted by Crippen LogP contribution is -2.46. The van der Waals surface area contributed by atoms with E-state index in [0.717, 1.165) is 32.1 Å². The second-order valence-corrected chi connectivity index (χ2v) is 5.97. The van der Waals surface area contributed by atoms with E-state index in [-0.39, 0.29) is 21.7 Å². The summed E-state index contributed by atoms with van der Waals surface area (Å²) in [6.07, 6.45) is 5.99. The third-order valence-electron chi connectivity index (χ3n) is 3.74. The Labute approximate surface area is 132 Å². The van der Waals surface area contributed by atoms with Gasteiger partial charge >= 0.3 is 5.97 Å². The van der Waals surface area contributed by atoms with E-state index in [0.29, 0.717) is 0 Å². The van der Waals surface area contributed by atoms with Crippen LogP contribution in [0.25, 0.3) is 0 Å². The molecule has 1 aromatic heterocycles. The first kappa shape index (κ1) is 16.0. The minimum absolute atomic E-state index is 0.0451. The van der Waals surface area contributed by atoms with E-state index in [1.165, 1.54) is 12.3 Å². The molecule has 0 saturated heterocycles. The molecule has 0 bridgehead atoms. The number of aliphatic carboxylic acids is 1. The van der Waals surface area contributed by atoms with Gasteiger partial charge in [-0.25, -0.2) is 9.78 Å². The summed E-state index contributed by atoms with van der Waals surface area (Å²) >= 11 is 11.7. The summed E-state index contributed by atoms with van der Waals surface area (Å²) in [7, 11) is 0. The number of carbonyl (C=O) groups excluding carboxylic acids is 1. The maximum Gasteiger partial charge on any atom is 0.326 e. The van der Waals surface area contributed by atoms with Gasteiger partial charge in [-0.3, -0.25) is 4.79 Å². The molecule has 0 radical (unpaired) electrons. The molecule has 1 amide bonds. The fourth-order valence-corrected chi connectivity index (χ4v) is 3.00. The van der Waals surface area contributed by atoms with Gasteiger partial charge in [-0.1, -0.05) is 42.5 Å². The molecule has 0 aromatic carbocycles. The van der Waals surface area contributed by atoms with Crippen LogP contribution in [0.3, 0.4) is 0 Å². The zero-order valence-corrected chi connectivity index (χ0v) is 12.8. The largest absolute Gasteiger partial charge is 0.480 e. The van der Waals surface area contributed by atoms with Crippen molar-refractivity contribution in [3.8, 4) is 0 Å². The number of pyridine rings is 1. The van der Waals surface area contributed by atoms with Crippen LogP contribution < -0.4 is 5.32 Å². The molecule has 1 unspecified atom stereocenters. The minimum atomic E-state index is -1.02. The summed E-state index contributed by atoms with van der Waals surface area (Å²) in [5.41, 5.74) is 0.138. The molecule has 114 valence electrons. The topological polar surface area (TPSA) is 79.3 Å². The lowest BCUT2D eigenvalue weighted by molar-refractivity contribution is -0.141. The highest BCUT2D eigenvalue weighted by atomic mass is 35.5. The van der Waals surface area contributed by atoms with Gasteiger partial charge < -0.3 is 10.4 Å². The van der Waals surface area contributed by atoms with Gasteiger partial charge in [-0.05, 0) is 24.8 Å². The third kappa shape index (κ3) is 4.08. The SMILES string of the molecule is O=C(NC(C(=O)O)C1CCCCC1)c1cc(Cl)ncc1Cl. The first-order valence-corrected chi connectivity index (χ1v) is 7.59. The van der Waals surface area contributed by atoms with Gasteiger partial charge in [0.15, 0.2) is 0 Å². The summed E-state index contributed by atoms with van der Waals surface area (Å²) in [6.45, 7) is 0. The van der Waals surface area contributed by atoms with Gasteiger partial charge in [0.05, 0.1) is 10.6 Å². The number of nitrogens with one attached hydrogen (secondary N) is 1. The average Bonchev–Trinajstić information content (AvgIpc) is 2.47. The zero-order chi connectivity index (χ0) is 15.4. The molecular formula is C14H16Cl2N2O3. The van der Waals surface area contributed by atoms with Crippen LogP contribution in [0.2, 0.25) is 10.2 Å². The normalized spacial score (nSPS) is 17.2. The summed E-state index contributed by atoms with van der Waals surface area (Å²) in [6, 6.07) is 0.430. The molecule has 0 spiro atoms. The molecule has 1 aliphatic rings. The van der Waals surface area contributed by atoms with Crippen molar-refractivity contribution >= 4 is 35.1 Å². The quantitative estimate of drug-likeness (QED) is 0.831. The highest BCUT2D eigenvalue weighted by molar-refractivity contribution is 6.35. The van der Waals surface area contributed by atoms with Crippen LogP contribution in [0, 0.1) is 5.92 Å². The van der Waals surface area contributed by atoms with Gasteiger partial charge in [0, 0.05) is 6.20 Å². The number of halogens is 2. The van der Waals surface area contributed by atoms with Crippen LogP contribution >= 0.6 is 23.2 Å². The highest BCUT2D eigenvalue weighted by Crippen LogP contribution is 2.27. The maximum atomic E-state index is 12.2. The van der Waals surface area contributed by atoms with Gasteiger partial charge in [-0.2, -0.15) is 0 Å². The van der Waals surface area contributed by atoms with Crippen LogP contribution in [0.1, 0.15) is 42.5 Å². The van der Waals surface area contributed by atoms with Crippen LogP contribution in [-0.4, -0.2) is 28.0 Å². The Kier molecular flexibility index (Phi) is 5.42. The number of aromatic nitrogens is 1. The van der Waals surface area contributed by atoms with E-state index in [9.17, 15) is 14.7 Å². The number of carboxylic acids is 1. The molecule has 2 rings (SSSR count). The number of carbonyl (C=O) groups is 2. The first-order chi connectivity index (χ1) is 9.99. The van der Waals surface area contributed by atoms with Gasteiger partial charge in [0.1, 0.15) is 11.2 Å². The second-order valence-electron chi connectivity index (χ2n) is 5.17. The van der Waals surface area contributed by atoms with E-state index in [1.54, 1.807) is 0 Å². The Balaban J connectivity index is 2.14. The number of hydrogen-bond donors (Lipinski definition) is 2. The number of nitrogens with zero attached hydrogens (tertiary/aromatic N) is 1. The predicted octanol–water partition coefficient (Wildman–Crippen LogP) is 3.15. The van der Waals surface area contributed by atoms with E-state index in [1.807, 2.05) is 0 Å². The molecule has 1 aliphatic carbocycles. The van der Waals surface area contributed by atoms with E-state index >= 15 is 0 Å². The third-order valence-corrected chi connectivity index (χ3v) is 4.25. The van der Waals surface area contributed by atoms with Crippen molar-refractivity contribution in [3.63, 3.8) is 0 Å². The fourth-order valence-electron chi connectivity index (χ4n) is 2.65. The van der Waals surface area contributed by atoms with Crippen molar-refractivity contribution in [3.05, 3.63) is 28.0 Å². The summed E-state index contributed by atoms with van der Waals surface area (Å²) < 4.78 is 0. The number of carboxylic acid groups (broad SMARTS) is 1. The molecule has 1 heterocycles. The van der Waals surface area contributed by atoms with Crippen molar-refractivity contribution in [2.45, 2.75) is 38.1 Å². The first-order valence-electron chi connectivity index (χ1n) is 6.83. The van der Waals surface area contributed by atoms with Crippen LogP contribution in [0.15, 0.2) is 12.3 Å². The number of hydrogen-bond acceptors (Lipinski definition) is 3. The fraction of sp³-hybridized carbons (Fsp3) is 0.500. The van der Waals surface area contributed by atoms with Crippen molar-refractivity contribution in [1.29, 1.82) is 0 Å². The lowest BCUT2D eigenvalue weighted by atomic mass is 9.84. The van der Waals surface area contributed by atoms with Crippen molar-refractivity contribution in [2.75, 3.05) is 0 Å². The Morgan fingerprint density at radius 3 is 2.57 bits per heavy atom. The van der Waals surface area contributed by atoms with E-state index < -0.39 is 17.9 Å². The molecule has 0 aliphatic heterocycles. The molecule has 2 N–H and O–H groups in total. The van der Waals surface area contributed by atoms with Crippen LogP contribution in [0.5, 0.6) is 0 Å². The lowest BCUT2D eigenvalue weighted by Gasteiger charge is -2.28. The smallest absolute Gasteiger partial charge is 0.326 e. The number of amides is 1. The van der Waals surface area contributed by atoms with E-state index in [2.05, 4.69) is 10.3 Å².